The van der Waals surface area contributed by atoms with Gasteiger partial charge in [-0.25, -0.2) is 28.2 Å². The number of fused-ring (bicyclic) bond motifs is 12. The minimum Gasteiger partial charge on any atom is -0.378 e. The summed E-state index contributed by atoms with van der Waals surface area (Å²) in [5.74, 6) is 2.39. The summed E-state index contributed by atoms with van der Waals surface area (Å²) in [6.07, 6.45) is 0. The topological polar surface area (TPSA) is 61.6 Å². The van der Waals surface area contributed by atoms with Crippen LogP contribution in [0.15, 0.2) is 54.6 Å². The number of anilines is 3. The molecular weight excluding hydrogens is 450 g/mol. The van der Waals surface area contributed by atoms with Gasteiger partial charge in [-0.3, -0.25) is 0 Å². The van der Waals surface area contributed by atoms with Gasteiger partial charge in [0.25, 0.3) is 0 Å². The zero-order chi connectivity index (χ0) is 24.9. The molecule has 9 heteroatoms. The van der Waals surface area contributed by atoms with Gasteiger partial charge in [0.15, 0.2) is 0 Å². The number of nitrogens with zero attached hydrogens (tertiary/aromatic N) is 9. The molecule has 0 spiro atoms. The van der Waals surface area contributed by atoms with Gasteiger partial charge in [-0.05, 0) is 54.6 Å². The maximum atomic E-state index is 5.12. The van der Waals surface area contributed by atoms with Gasteiger partial charge in [-0.2, -0.15) is 0 Å². The highest BCUT2D eigenvalue weighted by atomic mass is 15.3. The van der Waals surface area contributed by atoms with Gasteiger partial charge in [0.05, 0.1) is 33.1 Å². The van der Waals surface area contributed by atoms with Crippen LogP contribution in [0.1, 0.15) is 0 Å². The molecule has 4 heterocycles. The average molecular weight is 478 g/mol. The van der Waals surface area contributed by atoms with Gasteiger partial charge in [0, 0.05) is 59.3 Å². The van der Waals surface area contributed by atoms with Crippen molar-refractivity contribution < 1.29 is 0 Å². The minimum atomic E-state index is 0.798. The molecule has 180 valence electrons. The Balaban J connectivity index is 1.73. The van der Waals surface area contributed by atoms with E-state index in [2.05, 4.69) is 82.5 Å². The Bertz CT molecular complexity index is 1730. The summed E-state index contributed by atoms with van der Waals surface area (Å²) >= 11 is 0. The SMILES string of the molecule is CN(C)c1ccc2c(c1)nc1n2c2nc3cc(N(C)C)ccc3n2c2nc3cc(N(C)C)ccc3n12. The fourth-order valence-corrected chi connectivity index (χ4v) is 5.04. The largest absolute Gasteiger partial charge is 0.378 e. The Hall–Kier alpha value is -4.53. The second-order valence-corrected chi connectivity index (χ2v) is 9.94. The van der Waals surface area contributed by atoms with E-state index < -0.39 is 0 Å². The van der Waals surface area contributed by atoms with E-state index in [1.807, 2.05) is 42.3 Å². The van der Waals surface area contributed by atoms with Crippen molar-refractivity contribution in [1.82, 2.24) is 28.2 Å². The smallest absolute Gasteiger partial charge is 0.225 e. The number of hydrogen-bond donors (Lipinski definition) is 0. The van der Waals surface area contributed by atoms with Crippen LogP contribution in [0.4, 0.5) is 17.1 Å². The van der Waals surface area contributed by atoms with Crippen molar-refractivity contribution in [3.05, 3.63) is 54.6 Å². The molecule has 0 aliphatic heterocycles. The summed E-state index contributed by atoms with van der Waals surface area (Å²) in [6, 6.07) is 19.1. The van der Waals surface area contributed by atoms with Crippen molar-refractivity contribution in [3.8, 4) is 0 Å². The highest BCUT2D eigenvalue weighted by Gasteiger charge is 2.21. The summed E-state index contributed by atoms with van der Waals surface area (Å²) in [6.45, 7) is 0. The fourth-order valence-electron chi connectivity index (χ4n) is 5.04. The Kier molecular flexibility index (Phi) is 4.05. The van der Waals surface area contributed by atoms with E-state index in [0.717, 1.165) is 67.5 Å². The zero-order valence-electron chi connectivity index (χ0n) is 21.2. The lowest BCUT2D eigenvalue weighted by Gasteiger charge is -2.11. The van der Waals surface area contributed by atoms with E-state index in [0.29, 0.717) is 0 Å². The van der Waals surface area contributed by atoms with Gasteiger partial charge in [-0.1, -0.05) is 0 Å². The molecule has 0 bridgehead atoms. The molecule has 0 radical (unpaired) electrons. The van der Waals surface area contributed by atoms with Crippen LogP contribution in [-0.4, -0.2) is 70.4 Å². The summed E-state index contributed by atoms with van der Waals surface area (Å²) in [7, 11) is 12.3. The minimum absolute atomic E-state index is 0.798. The highest BCUT2D eigenvalue weighted by molar-refractivity contribution is 5.93. The molecule has 7 rings (SSSR count). The van der Waals surface area contributed by atoms with Gasteiger partial charge >= 0.3 is 0 Å². The normalized spacial score (nSPS) is 12.2. The van der Waals surface area contributed by atoms with Crippen LogP contribution in [0.25, 0.3) is 50.4 Å². The quantitative estimate of drug-likeness (QED) is 0.378. The van der Waals surface area contributed by atoms with Gasteiger partial charge in [0.2, 0.25) is 17.3 Å². The summed E-state index contributed by atoms with van der Waals surface area (Å²) in [5.41, 5.74) is 9.11. The van der Waals surface area contributed by atoms with Crippen molar-refractivity contribution in [2.45, 2.75) is 0 Å². The van der Waals surface area contributed by atoms with Crippen LogP contribution in [-0.2, 0) is 0 Å². The average Bonchev–Trinajstić information content (AvgIpc) is 3.52. The lowest BCUT2D eigenvalue weighted by atomic mass is 10.2. The molecule has 0 saturated heterocycles. The Morgan fingerprint density at radius 1 is 0.444 bits per heavy atom. The molecule has 9 nitrogen and oxygen atoms in total. The van der Waals surface area contributed by atoms with Crippen LogP contribution < -0.4 is 14.7 Å². The second kappa shape index (κ2) is 7.00. The van der Waals surface area contributed by atoms with Crippen molar-refractivity contribution >= 4 is 67.5 Å². The molecule has 4 aromatic heterocycles. The molecule has 0 aliphatic carbocycles. The van der Waals surface area contributed by atoms with Gasteiger partial charge < -0.3 is 14.7 Å². The van der Waals surface area contributed by atoms with E-state index in [1.54, 1.807) is 0 Å². The fraction of sp³-hybridized carbons (Fsp3) is 0.222. The van der Waals surface area contributed by atoms with Crippen molar-refractivity contribution in [2.24, 2.45) is 0 Å². The third-order valence-electron chi connectivity index (χ3n) is 7.01. The van der Waals surface area contributed by atoms with E-state index >= 15 is 0 Å². The monoisotopic (exact) mass is 477 g/mol. The molecule has 0 fully saturated rings. The summed E-state index contributed by atoms with van der Waals surface area (Å²) in [4.78, 5) is 21.6. The molecule has 0 N–H and O–H groups in total. The Morgan fingerprint density at radius 3 is 0.972 bits per heavy atom. The maximum Gasteiger partial charge on any atom is 0.225 e. The van der Waals surface area contributed by atoms with Crippen molar-refractivity contribution in [3.63, 3.8) is 0 Å². The predicted molar refractivity (Wildman–Crippen MR) is 148 cm³/mol. The Morgan fingerprint density at radius 2 is 0.722 bits per heavy atom. The molecule has 0 amide bonds. The first-order valence-electron chi connectivity index (χ1n) is 11.9. The van der Waals surface area contributed by atoms with E-state index in [4.69, 9.17) is 15.0 Å². The van der Waals surface area contributed by atoms with Gasteiger partial charge in [-0.15, -0.1) is 0 Å². The van der Waals surface area contributed by atoms with Crippen LogP contribution in [0.3, 0.4) is 0 Å². The first-order chi connectivity index (χ1) is 17.3. The van der Waals surface area contributed by atoms with Crippen LogP contribution in [0.5, 0.6) is 0 Å². The van der Waals surface area contributed by atoms with Crippen LogP contribution in [0, 0.1) is 0 Å². The first kappa shape index (κ1) is 20.8. The third-order valence-corrected chi connectivity index (χ3v) is 7.01. The van der Waals surface area contributed by atoms with E-state index in [9.17, 15) is 0 Å². The lowest BCUT2D eigenvalue weighted by molar-refractivity contribution is 1.01. The molecule has 0 atom stereocenters. The third kappa shape index (κ3) is 2.68. The molecule has 0 saturated carbocycles. The number of hydrogen-bond acceptors (Lipinski definition) is 6. The molecule has 7 aromatic rings. The standard InChI is InChI=1S/C27H27N9/c1-31(2)16-7-10-22-19(13-16)28-25-34(22)26-29-21-15-18(33(5)6)9-12-24(21)36(26)27-30-20-14-17(32(3)4)8-11-23(20)35(25)27/h7-15H,1-6H3. The molecular formula is C27H27N9. The Labute approximate surface area is 207 Å². The predicted octanol–water partition coefficient (Wildman–Crippen LogP) is 4.29. The number of aromatic nitrogens is 6. The van der Waals surface area contributed by atoms with E-state index in [-0.39, 0.29) is 0 Å². The number of rotatable bonds is 3. The zero-order valence-corrected chi connectivity index (χ0v) is 21.2. The summed E-state index contributed by atoms with van der Waals surface area (Å²) < 4.78 is 6.45. The molecule has 0 unspecified atom stereocenters. The maximum absolute atomic E-state index is 5.12. The number of benzene rings is 3. The van der Waals surface area contributed by atoms with Crippen LogP contribution >= 0.6 is 0 Å². The van der Waals surface area contributed by atoms with Crippen LogP contribution in [0.2, 0.25) is 0 Å². The highest BCUT2D eigenvalue weighted by Crippen LogP contribution is 2.31. The molecule has 36 heavy (non-hydrogen) atoms. The number of imidazole rings is 3. The first-order valence-corrected chi connectivity index (χ1v) is 11.9. The summed E-state index contributed by atoms with van der Waals surface area (Å²) in [5, 5.41) is 0. The van der Waals surface area contributed by atoms with Crippen molar-refractivity contribution in [1.29, 1.82) is 0 Å². The molecule has 3 aromatic carbocycles. The molecule has 0 aliphatic rings. The van der Waals surface area contributed by atoms with Gasteiger partial charge in [0.1, 0.15) is 0 Å². The second-order valence-electron chi connectivity index (χ2n) is 9.94. The van der Waals surface area contributed by atoms with E-state index in [1.165, 1.54) is 0 Å². The lowest BCUT2D eigenvalue weighted by Crippen LogP contribution is -2.08. The van der Waals surface area contributed by atoms with Crippen molar-refractivity contribution in [2.75, 3.05) is 57.0 Å².